The van der Waals surface area contributed by atoms with Crippen LogP contribution < -0.4 is 10.1 Å². The second-order valence-corrected chi connectivity index (χ2v) is 9.91. The van der Waals surface area contributed by atoms with E-state index in [-0.39, 0.29) is 11.7 Å². The van der Waals surface area contributed by atoms with Gasteiger partial charge >= 0.3 is 12.3 Å². The summed E-state index contributed by atoms with van der Waals surface area (Å²) < 4.78 is 40.3. The number of hydrogen-bond donors (Lipinski definition) is 2. The smallest absolute Gasteiger partial charge is 0.480 e. The van der Waals surface area contributed by atoms with Crippen LogP contribution in [0.1, 0.15) is 32.0 Å². The molecule has 7 nitrogen and oxygen atoms in total. The maximum Gasteiger partial charge on any atom is 0.573 e. The summed E-state index contributed by atoms with van der Waals surface area (Å²) in [6.45, 7) is 8.89. The summed E-state index contributed by atoms with van der Waals surface area (Å²) >= 11 is 2.57. The first-order valence-electron chi connectivity index (χ1n) is 9.57. The number of aliphatic imine (C=N–C) groups is 2. The molecule has 0 saturated heterocycles. The molecule has 1 aromatic heterocycles. The molecule has 0 fully saturated rings. The Kier molecular flexibility index (Phi) is 9.06. The van der Waals surface area contributed by atoms with Crippen molar-refractivity contribution in [3.05, 3.63) is 47.1 Å². The third kappa shape index (κ3) is 8.89. The largest absolute Gasteiger partial charge is 0.573 e. The molecule has 2 rings (SSSR count). The van der Waals surface area contributed by atoms with E-state index in [1.54, 1.807) is 27.0 Å². The summed E-state index contributed by atoms with van der Waals surface area (Å²) in [5, 5.41) is 14.0. The van der Waals surface area contributed by atoms with Gasteiger partial charge in [0.2, 0.25) is 5.96 Å². The van der Waals surface area contributed by atoms with E-state index in [4.69, 9.17) is 0 Å². The molecule has 0 unspecified atom stereocenters. The van der Waals surface area contributed by atoms with Gasteiger partial charge in [-0.3, -0.25) is 9.79 Å². The summed E-state index contributed by atoms with van der Waals surface area (Å²) in [6.07, 6.45) is -2.57. The quantitative estimate of drug-likeness (QED) is 0.278. The van der Waals surface area contributed by atoms with Gasteiger partial charge in [-0.15, -0.1) is 24.5 Å². The van der Waals surface area contributed by atoms with E-state index in [9.17, 15) is 23.1 Å². The molecule has 0 aliphatic heterocycles. The van der Waals surface area contributed by atoms with Crippen LogP contribution in [-0.4, -0.2) is 46.4 Å². The molecular formula is C21H23F3N4O3S2. The summed E-state index contributed by atoms with van der Waals surface area (Å²) in [6, 6.07) is 5.49. The third-order valence-electron chi connectivity index (χ3n) is 4.13. The Bertz CT molecular complexity index is 1030. The highest BCUT2D eigenvalue weighted by molar-refractivity contribution is 8.02. The fourth-order valence-electron chi connectivity index (χ4n) is 2.31. The van der Waals surface area contributed by atoms with Gasteiger partial charge in [-0.05, 0) is 50.8 Å². The zero-order valence-corrected chi connectivity index (χ0v) is 19.8. The SMILES string of the molecule is C=NC(=NCCc1csc(SC(C)(C)C(=O)O)n1)N/C=C(\C)c1ccc(OC(F)(F)F)cc1. The number of carbonyl (C=O) groups is 1. The fraction of sp³-hybridized carbons (Fsp3) is 0.333. The van der Waals surface area contributed by atoms with Crippen molar-refractivity contribution in [2.75, 3.05) is 6.54 Å². The van der Waals surface area contributed by atoms with E-state index < -0.39 is 17.1 Å². The molecule has 0 aliphatic rings. The van der Waals surface area contributed by atoms with Gasteiger partial charge in [-0.1, -0.05) is 23.9 Å². The van der Waals surface area contributed by atoms with E-state index in [2.05, 4.69) is 31.7 Å². The highest BCUT2D eigenvalue weighted by Gasteiger charge is 2.31. The van der Waals surface area contributed by atoms with E-state index in [1.807, 2.05) is 5.38 Å². The predicted octanol–water partition coefficient (Wildman–Crippen LogP) is 5.25. The van der Waals surface area contributed by atoms with Crippen LogP contribution in [0.25, 0.3) is 5.57 Å². The van der Waals surface area contributed by atoms with Gasteiger partial charge in [0.05, 0.1) is 5.69 Å². The number of thioether (sulfide) groups is 1. The van der Waals surface area contributed by atoms with Gasteiger partial charge in [0.15, 0.2) is 4.34 Å². The van der Waals surface area contributed by atoms with Gasteiger partial charge in [-0.25, -0.2) is 9.98 Å². The highest BCUT2D eigenvalue weighted by Crippen LogP contribution is 2.34. The second-order valence-electron chi connectivity index (χ2n) is 7.18. The van der Waals surface area contributed by atoms with Crippen LogP contribution in [0.15, 0.2) is 50.2 Å². The van der Waals surface area contributed by atoms with Crippen LogP contribution in [0.2, 0.25) is 0 Å². The lowest BCUT2D eigenvalue weighted by Gasteiger charge is -2.15. The number of allylic oxidation sites excluding steroid dienone is 1. The lowest BCUT2D eigenvalue weighted by atomic mass is 10.1. The summed E-state index contributed by atoms with van der Waals surface area (Å²) in [7, 11) is 0. The Morgan fingerprint density at radius 2 is 2.00 bits per heavy atom. The Morgan fingerprint density at radius 1 is 1.33 bits per heavy atom. The molecule has 0 amide bonds. The Balaban J connectivity index is 1.91. The van der Waals surface area contributed by atoms with Crippen LogP contribution in [0.5, 0.6) is 5.75 Å². The number of rotatable bonds is 9. The molecule has 2 aromatic rings. The minimum Gasteiger partial charge on any atom is -0.480 e. The predicted molar refractivity (Wildman–Crippen MR) is 125 cm³/mol. The second kappa shape index (κ2) is 11.3. The summed E-state index contributed by atoms with van der Waals surface area (Å²) in [5.41, 5.74) is 2.23. The standard InChI is InChI=1S/C21H23F3N4O3S2/c1-13(14-5-7-16(8-6-14)31-21(22,23)24)11-27-18(25-4)26-10-9-15-12-32-19(28-15)33-20(2,3)17(29)30/h5-8,11-12H,4,9-10H2,1-3H3,(H,26,27)(H,29,30)/b13-11+. The van der Waals surface area contributed by atoms with Crippen molar-refractivity contribution in [2.45, 2.75) is 42.6 Å². The molecule has 1 heterocycles. The van der Waals surface area contributed by atoms with Crippen molar-refractivity contribution in [1.29, 1.82) is 0 Å². The molecule has 0 aliphatic carbocycles. The molecule has 0 saturated carbocycles. The number of nitrogens with zero attached hydrogens (tertiary/aromatic N) is 3. The molecule has 178 valence electrons. The van der Waals surface area contributed by atoms with Crippen molar-refractivity contribution in [1.82, 2.24) is 10.3 Å². The number of aromatic nitrogens is 1. The molecule has 0 bridgehead atoms. The minimum atomic E-state index is -4.73. The van der Waals surface area contributed by atoms with Gasteiger partial charge < -0.3 is 15.2 Å². The van der Waals surface area contributed by atoms with Crippen molar-refractivity contribution in [3.8, 4) is 5.75 Å². The number of thiazole rings is 1. The number of benzene rings is 1. The van der Waals surface area contributed by atoms with Gasteiger partial charge in [-0.2, -0.15) is 0 Å². The van der Waals surface area contributed by atoms with Crippen LogP contribution >= 0.6 is 23.1 Å². The zero-order chi connectivity index (χ0) is 24.6. The Labute approximate surface area is 197 Å². The first-order chi connectivity index (χ1) is 15.4. The maximum absolute atomic E-state index is 12.3. The van der Waals surface area contributed by atoms with Crippen molar-refractivity contribution in [2.24, 2.45) is 9.98 Å². The number of hydrogen-bond acceptors (Lipinski definition) is 6. The van der Waals surface area contributed by atoms with Crippen molar-refractivity contribution >= 4 is 47.3 Å². The van der Waals surface area contributed by atoms with Gasteiger partial charge in [0.25, 0.3) is 0 Å². The first kappa shape index (κ1) is 26.4. The average molecular weight is 501 g/mol. The maximum atomic E-state index is 12.3. The number of aliphatic carboxylic acids is 1. The number of ether oxygens (including phenoxy) is 1. The Hall–Kier alpha value is -2.86. The number of halogens is 3. The van der Waals surface area contributed by atoms with E-state index in [0.29, 0.717) is 22.9 Å². The molecule has 1 aromatic carbocycles. The molecule has 33 heavy (non-hydrogen) atoms. The zero-order valence-electron chi connectivity index (χ0n) is 18.1. The van der Waals surface area contributed by atoms with E-state index in [1.165, 1.54) is 47.4 Å². The highest BCUT2D eigenvalue weighted by atomic mass is 32.2. The number of alkyl halides is 3. The fourth-order valence-corrected chi connectivity index (χ4v) is 4.53. The summed E-state index contributed by atoms with van der Waals surface area (Å²) in [5.74, 6) is -0.920. The Morgan fingerprint density at radius 3 is 2.58 bits per heavy atom. The van der Waals surface area contributed by atoms with Crippen LogP contribution in [0.4, 0.5) is 13.2 Å². The number of guanidine groups is 1. The monoisotopic (exact) mass is 500 g/mol. The third-order valence-corrected chi connectivity index (χ3v) is 6.30. The molecule has 0 atom stereocenters. The molecule has 12 heteroatoms. The van der Waals surface area contributed by atoms with Crippen LogP contribution in [0.3, 0.4) is 0 Å². The normalized spacial score (nSPS) is 13.0. The van der Waals surface area contributed by atoms with E-state index >= 15 is 0 Å². The lowest BCUT2D eigenvalue weighted by molar-refractivity contribution is -0.274. The first-order valence-corrected chi connectivity index (χ1v) is 11.3. The molecule has 2 N–H and O–H groups in total. The van der Waals surface area contributed by atoms with Crippen LogP contribution in [-0.2, 0) is 11.2 Å². The average Bonchev–Trinajstić information content (AvgIpc) is 3.16. The van der Waals surface area contributed by atoms with Gasteiger partial charge in [0.1, 0.15) is 10.5 Å². The van der Waals surface area contributed by atoms with Crippen molar-refractivity contribution in [3.63, 3.8) is 0 Å². The van der Waals surface area contributed by atoms with Crippen molar-refractivity contribution < 1.29 is 27.8 Å². The minimum absolute atomic E-state index is 0.281. The summed E-state index contributed by atoms with van der Waals surface area (Å²) in [4.78, 5) is 23.8. The number of carboxylic acid groups (broad SMARTS) is 1. The molecule has 0 radical (unpaired) electrons. The van der Waals surface area contributed by atoms with Gasteiger partial charge in [0, 0.05) is 24.5 Å². The van der Waals surface area contributed by atoms with E-state index in [0.717, 1.165) is 11.3 Å². The number of nitrogens with one attached hydrogen (secondary N) is 1. The van der Waals surface area contributed by atoms with Crippen LogP contribution in [0, 0.1) is 0 Å². The molecular weight excluding hydrogens is 477 g/mol. The lowest BCUT2D eigenvalue weighted by Crippen LogP contribution is -2.26. The topological polar surface area (TPSA) is 96.2 Å². The number of carboxylic acids is 1. The molecule has 0 spiro atoms.